The zero-order chi connectivity index (χ0) is 14.4. The van der Waals surface area contributed by atoms with Gasteiger partial charge >= 0.3 is 0 Å². The van der Waals surface area contributed by atoms with Gasteiger partial charge in [0.15, 0.2) is 4.77 Å². The van der Waals surface area contributed by atoms with Crippen LogP contribution in [0.15, 0.2) is 18.2 Å². The lowest BCUT2D eigenvalue weighted by molar-refractivity contribution is 0.217. The Morgan fingerprint density at radius 3 is 2.42 bits per heavy atom. The Bertz CT molecular complexity index is 659. The monoisotopic (exact) mass is 296 g/mol. The molecule has 0 bridgehead atoms. The minimum absolute atomic E-state index is 0.0573. The highest BCUT2D eigenvalue weighted by molar-refractivity contribution is 7.71. The van der Waals surface area contributed by atoms with E-state index in [1.54, 1.807) is 0 Å². The van der Waals surface area contributed by atoms with Gasteiger partial charge in [-0.05, 0) is 56.1 Å². The zero-order valence-electron chi connectivity index (χ0n) is 12.2. The highest BCUT2D eigenvalue weighted by atomic mass is 35.5. The van der Waals surface area contributed by atoms with Gasteiger partial charge < -0.3 is 9.55 Å². The Kier molecular flexibility index (Phi) is 3.56. The number of aromatic nitrogens is 2. The number of nitrogens with one attached hydrogen (secondary N) is 1. The van der Waals surface area contributed by atoms with Crippen LogP contribution in [0.1, 0.15) is 41.0 Å². The molecule has 0 unspecified atom stereocenters. The van der Waals surface area contributed by atoms with Crippen LogP contribution < -0.4 is 0 Å². The molecule has 0 saturated carbocycles. The lowest BCUT2D eigenvalue weighted by Crippen LogP contribution is -2.31. The van der Waals surface area contributed by atoms with E-state index in [2.05, 4.69) is 44.2 Å². The topological polar surface area (TPSA) is 20.7 Å². The highest BCUT2D eigenvalue weighted by Gasteiger charge is 2.29. The molecule has 0 atom stereocenters. The standard InChI is InChI=1S/C15H21ClN2S/c1-14(2,3)9-15(4,5)18-12-8-10(16)6-7-11(12)17-13(18)19/h6-8H,9H2,1-5H3,(H,17,19). The molecule has 19 heavy (non-hydrogen) atoms. The van der Waals surface area contributed by atoms with Crippen molar-refractivity contribution in [1.82, 2.24) is 9.55 Å². The number of imidazole rings is 1. The Morgan fingerprint density at radius 1 is 1.21 bits per heavy atom. The first-order chi connectivity index (χ1) is 8.60. The molecule has 1 aromatic heterocycles. The molecule has 0 aliphatic heterocycles. The van der Waals surface area contributed by atoms with Gasteiger partial charge in [-0.1, -0.05) is 32.4 Å². The van der Waals surface area contributed by atoms with E-state index in [0.717, 1.165) is 27.2 Å². The third-order valence-electron chi connectivity index (χ3n) is 3.21. The molecule has 0 aliphatic carbocycles. The minimum Gasteiger partial charge on any atom is -0.331 e. The van der Waals surface area contributed by atoms with Gasteiger partial charge in [0.25, 0.3) is 0 Å². The van der Waals surface area contributed by atoms with Gasteiger partial charge in [0.2, 0.25) is 0 Å². The second-order valence-corrected chi connectivity index (χ2v) is 7.80. The van der Waals surface area contributed by atoms with Gasteiger partial charge in [0.1, 0.15) is 0 Å². The molecule has 0 saturated heterocycles. The highest BCUT2D eigenvalue weighted by Crippen LogP contribution is 2.35. The molecule has 0 amide bonds. The van der Waals surface area contributed by atoms with Crippen LogP contribution >= 0.6 is 23.8 Å². The maximum Gasteiger partial charge on any atom is 0.178 e. The Labute approximate surface area is 124 Å². The summed E-state index contributed by atoms with van der Waals surface area (Å²) in [6, 6.07) is 5.85. The van der Waals surface area contributed by atoms with E-state index in [-0.39, 0.29) is 11.0 Å². The largest absolute Gasteiger partial charge is 0.331 e. The zero-order valence-corrected chi connectivity index (χ0v) is 13.7. The number of halogens is 1. The normalized spacial score (nSPS) is 13.2. The fourth-order valence-electron chi connectivity index (χ4n) is 3.05. The SMILES string of the molecule is CC(C)(C)CC(C)(C)n1c(=S)[nH]c2ccc(Cl)cc21. The van der Waals surface area contributed by atoms with Crippen molar-refractivity contribution in [3.8, 4) is 0 Å². The Balaban J connectivity index is 2.64. The molecule has 2 nitrogen and oxygen atoms in total. The van der Waals surface area contributed by atoms with Crippen LogP contribution in [-0.4, -0.2) is 9.55 Å². The number of aromatic amines is 1. The average molecular weight is 297 g/mol. The molecule has 0 radical (unpaired) electrons. The molecule has 2 rings (SSSR count). The summed E-state index contributed by atoms with van der Waals surface area (Å²) >= 11 is 11.6. The summed E-state index contributed by atoms with van der Waals surface area (Å²) in [6.45, 7) is 11.2. The van der Waals surface area contributed by atoms with Crippen molar-refractivity contribution in [3.05, 3.63) is 28.0 Å². The Hall–Kier alpha value is -0.800. The van der Waals surface area contributed by atoms with Gasteiger partial charge in [0, 0.05) is 10.6 Å². The van der Waals surface area contributed by atoms with Crippen LogP contribution in [0.5, 0.6) is 0 Å². The molecular weight excluding hydrogens is 276 g/mol. The lowest BCUT2D eigenvalue weighted by atomic mass is 9.81. The second-order valence-electron chi connectivity index (χ2n) is 6.98. The van der Waals surface area contributed by atoms with Gasteiger partial charge in [-0.15, -0.1) is 0 Å². The van der Waals surface area contributed by atoms with E-state index < -0.39 is 0 Å². The predicted octanol–water partition coefficient (Wildman–Crippen LogP) is 5.52. The molecule has 0 spiro atoms. The molecule has 0 aliphatic rings. The molecule has 0 fully saturated rings. The first-order valence-electron chi connectivity index (χ1n) is 6.51. The quantitative estimate of drug-likeness (QED) is 0.723. The molecule has 1 heterocycles. The van der Waals surface area contributed by atoms with E-state index >= 15 is 0 Å². The second kappa shape index (κ2) is 4.64. The summed E-state index contributed by atoms with van der Waals surface area (Å²) < 4.78 is 2.95. The maximum absolute atomic E-state index is 6.12. The van der Waals surface area contributed by atoms with Crippen molar-refractivity contribution < 1.29 is 0 Å². The third-order valence-corrected chi connectivity index (χ3v) is 3.73. The van der Waals surface area contributed by atoms with E-state index in [9.17, 15) is 0 Å². The van der Waals surface area contributed by atoms with Gasteiger partial charge in [-0.2, -0.15) is 0 Å². The lowest BCUT2D eigenvalue weighted by Gasteiger charge is -2.34. The van der Waals surface area contributed by atoms with Crippen molar-refractivity contribution in [1.29, 1.82) is 0 Å². The van der Waals surface area contributed by atoms with Crippen molar-refractivity contribution in [2.45, 2.75) is 46.6 Å². The first-order valence-corrected chi connectivity index (χ1v) is 7.30. The molecule has 4 heteroatoms. The average Bonchev–Trinajstić information content (AvgIpc) is 2.49. The van der Waals surface area contributed by atoms with Crippen molar-refractivity contribution in [3.63, 3.8) is 0 Å². The number of rotatable bonds is 2. The van der Waals surface area contributed by atoms with Gasteiger partial charge in [-0.25, -0.2) is 0 Å². The van der Waals surface area contributed by atoms with Gasteiger partial charge in [-0.3, -0.25) is 0 Å². The van der Waals surface area contributed by atoms with Crippen LogP contribution in [-0.2, 0) is 5.54 Å². The minimum atomic E-state index is -0.0573. The number of hydrogen-bond acceptors (Lipinski definition) is 1. The van der Waals surface area contributed by atoms with Crippen molar-refractivity contribution in [2.75, 3.05) is 0 Å². The number of fused-ring (bicyclic) bond motifs is 1. The number of H-pyrrole nitrogens is 1. The molecule has 2 aromatic rings. The third kappa shape index (κ3) is 3.03. The summed E-state index contributed by atoms with van der Waals surface area (Å²) in [5.74, 6) is 0. The summed E-state index contributed by atoms with van der Waals surface area (Å²) in [5, 5.41) is 0.738. The van der Waals surface area contributed by atoms with Crippen LogP contribution in [0.2, 0.25) is 5.02 Å². The first kappa shape index (κ1) is 14.6. The molecule has 104 valence electrons. The summed E-state index contributed by atoms with van der Waals surface area (Å²) in [5.41, 5.74) is 2.29. The predicted molar refractivity (Wildman–Crippen MR) is 85.5 cm³/mol. The van der Waals surface area contributed by atoms with Crippen LogP contribution in [0, 0.1) is 10.2 Å². The van der Waals surface area contributed by atoms with Crippen molar-refractivity contribution >= 4 is 34.9 Å². The van der Waals surface area contributed by atoms with Crippen LogP contribution in [0.25, 0.3) is 11.0 Å². The van der Waals surface area contributed by atoms with E-state index in [4.69, 9.17) is 23.8 Å². The fourth-order valence-corrected chi connectivity index (χ4v) is 3.68. The maximum atomic E-state index is 6.12. The summed E-state index contributed by atoms with van der Waals surface area (Å²) in [7, 11) is 0. The summed E-state index contributed by atoms with van der Waals surface area (Å²) in [6.07, 6.45) is 1.04. The molecular formula is C15H21ClN2S. The molecule has 1 aromatic carbocycles. The number of nitrogens with zero attached hydrogens (tertiary/aromatic N) is 1. The van der Waals surface area contributed by atoms with E-state index in [1.165, 1.54) is 0 Å². The smallest absolute Gasteiger partial charge is 0.178 e. The van der Waals surface area contributed by atoms with Crippen molar-refractivity contribution in [2.24, 2.45) is 5.41 Å². The number of hydrogen-bond donors (Lipinski definition) is 1. The van der Waals surface area contributed by atoms with Gasteiger partial charge in [0.05, 0.1) is 11.0 Å². The van der Waals surface area contributed by atoms with Crippen LogP contribution in [0.4, 0.5) is 0 Å². The summed E-state index contributed by atoms with van der Waals surface area (Å²) in [4.78, 5) is 3.27. The van der Waals surface area contributed by atoms with E-state index in [0.29, 0.717) is 0 Å². The fraction of sp³-hybridized carbons (Fsp3) is 0.533. The Morgan fingerprint density at radius 2 is 1.84 bits per heavy atom. The number of benzene rings is 1. The van der Waals surface area contributed by atoms with E-state index in [1.807, 2.05) is 18.2 Å². The van der Waals surface area contributed by atoms with Crippen LogP contribution in [0.3, 0.4) is 0 Å². The molecule has 1 N–H and O–H groups in total.